The number of benzene rings is 2. The van der Waals surface area contributed by atoms with Crippen molar-refractivity contribution in [2.24, 2.45) is 0 Å². The van der Waals surface area contributed by atoms with Gasteiger partial charge < -0.3 is 20.5 Å². The SMILES string of the molecule is O=C(O)c1ccc(O)c(NC(=O)c2cc3cccc(Cl)c3[nH]2)c1. The summed E-state index contributed by atoms with van der Waals surface area (Å²) in [5, 5.41) is 22.4. The maximum absolute atomic E-state index is 12.3. The van der Waals surface area contributed by atoms with Crippen LogP contribution in [0.3, 0.4) is 0 Å². The summed E-state index contributed by atoms with van der Waals surface area (Å²) >= 11 is 6.05. The highest BCUT2D eigenvalue weighted by atomic mass is 35.5. The molecule has 0 spiro atoms. The van der Waals surface area contributed by atoms with Crippen LogP contribution in [0.5, 0.6) is 5.75 Å². The first-order valence-electron chi connectivity index (χ1n) is 6.60. The molecular weight excluding hydrogens is 320 g/mol. The molecule has 116 valence electrons. The van der Waals surface area contributed by atoms with Crippen LogP contribution in [0.15, 0.2) is 42.5 Å². The molecule has 6 nitrogen and oxygen atoms in total. The van der Waals surface area contributed by atoms with Crippen LogP contribution in [0.25, 0.3) is 10.9 Å². The topological polar surface area (TPSA) is 102 Å². The van der Waals surface area contributed by atoms with Gasteiger partial charge >= 0.3 is 5.97 Å². The lowest BCUT2D eigenvalue weighted by Gasteiger charge is -2.07. The number of carboxylic acids is 1. The number of H-pyrrole nitrogens is 1. The third-order valence-electron chi connectivity index (χ3n) is 3.34. The van der Waals surface area contributed by atoms with Crippen LogP contribution in [0.1, 0.15) is 20.8 Å². The Labute approximate surface area is 135 Å². The Hall–Kier alpha value is -2.99. The fourth-order valence-electron chi connectivity index (χ4n) is 2.20. The second-order valence-corrected chi connectivity index (χ2v) is 5.29. The highest BCUT2D eigenvalue weighted by Gasteiger charge is 2.14. The van der Waals surface area contributed by atoms with Gasteiger partial charge in [0.1, 0.15) is 11.4 Å². The van der Waals surface area contributed by atoms with E-state index >= 15 is 0 Å². The van der Waals surface area contributed by atoms with Crippen LogP contribution in [0, 0.1) is 0 Å². The summed E-state index contributed by atoms with van der Waals surface area (Å²) in [5.41, 5.74) is 0.841. The number of fused-ring (bicyclic) bond motifs is 1. The highest BCUT2D eigenvalue weighted by Crippen LogP contribution is 2.27. The van der Waals surface area contributed by atoms with Gasteiger partial charge in [-0.1, -0.05) is 23.7 Å². The van der Waals surface area contributed by atoms with Crippen molar-refractivity contribution in [2.75, 3.05) is 5.32 Å². The van der Waals surface area contributed by atoms with E-state index in [0.29, 0.717) is 10.5 Å². The van der Waals surface area contributed by atoms with E-state index < -0.39 is 11.9 Å². The number of halogens is 1. The van der Waals surface area contributed by atoms with Gasteiger partial charge in [0, 0.05) is 5.39 Å². The molecule has 0 aliphatic carbocycles. The summed E-state index contributed by atoms with van der Waals surface area (Å²) in [6, 6.07) is 10.5. The third-order valence-corrected chi connectivity index (χ3v) is 3.66. The number of aromatic hydroxyl groups is 1. The van der Waals surface area contributed by atoms with E-state index in [1.807, 2.05) is 0 Å². The molecule has 0 saturated carbocycles. The second kappa shape index (κ2) is 5.66. The minimum atomic E-state index is -1.15. The molecule has 0 bridgehead atoms. The van der Waals surface area contributed by atoms with Gasteiger partial charge in [0.05, 0.1) is 21.8 Å². The Morgan fingerprint density at radius 3 is 2.61 bits per heavy atom. The first-order valence-corrected chi connectivity index (χ1v) is 6.98. The largest absolute Gasteiger partial charge is 0.506 e. The van der Waals surface area contributed by atoms with Gasteiger partial charge in [0.25, 0.3) is 5.91 Å². The fraction of sp³-hybridized carbons (Fsp3) is 0. The summed E-state index contributed by atoms with van der Waals surface area (Å²) < 4.78 is 0. The molecule has 0 unspecified atom stereocenters. The number of phenols is 1. The first kappa shape index (κ1) is 14.9. The number of nitrogens with one attached hydrogen (secondary N) is 2. The summed E-state index contributed by atoms with van der Waals surface area (Å²) in [5.74, 6) is -1.90. The summed E-state index contributed by atoms with van der Waals surface area (Å²) in [4.78, 5) is 26.1. The molecule has 7 heteroatoms. The number of aromatic amines is 1. The molecule has 3 aromatic rings. The number of carbonyl (C=O) groups is 2. The number of phenolic OH excluding ortho intramolecular Hbond substituents is 1. The van der Waals surface area contributed by atoms with Crippen molar-refractivity contribution in [2.45, 2.75) is 0 Å². The molecule has 4 N–H and O–H groups in total. The number of carbonyl (C=O) groups excluding carboxylic acids is 1. The third kappa shape index (κ3) is 2.84. The second-order valence-electron chi connectivity index (χ2n) is 4.88. The van der Waals surface area contributed by atoms with Crippen LogP contribution >= 0.6 is 11.6 Å². The number of hydrogen-bond acceptors (Lipinski definition) is 3. The van der Waals surface area contributed by atoms with E-state index in [0.717, 1.165) is 5.39 Å². The molecule has 2 aromatic carbocycles. The number of rotatable bonds is 3. The molecule has 0 saturated heterocycles. The number of para-hydroxylation sites is 1. The van der Waals surface area contributed by atoms with Crippen molar-refractivity contribution >= 4 is 40.1 Å². The Bertz CT molecular complexity index is 933. The van der Waals surface area contributed by atoms with Gasteiger partial charge in [-0.15, -0.1) is 0 Å². The van der Waals surface area contributed by atoms with Crippen molar-refractivity contribution in [3.8, 4) is 5.75 Å². The van der Waals surface area contributed by atoms with Gasteiger partial charge in [-0.25, -0.2) is 4.79 Å². The van der Waals surface area contributed by atoms with Gasteiger partial charge in [-0.2, -0.15) is 0 Å². The molecule has 23 heavy (non-hydrogen) atoms. The molecule has 3 rings (SSSR count). The van der Waals surface area contributed by atoms with Crippen molar-refractivity contribution in [3.05, 3.63) is 58.7 Å². The standard InChI is InChI=1S/C16H11ClN2O4/c17-10-3-1-2-8-6-12(18-14(8)10)15(21)19-11-7-9(16(22)23)4-5-13(11)20/h1-7,18,20H,(H,19,21)(H,22,23). The van der Waals surface area contributed by atoms with Gasteiger partial charge in [-0.05, 0) is 30.3 Å². The van der Waals surface area contributed by atoms with Crippen molar-refractivity contribution in [1.82, 2.24) is 4.98 Å². The molecule has 1 amide bonds. The number of aromatic nitrogens is 1. The fourth-order valence-corrected chi connectivity index (χ4v) is 2.43. The number of amides is 1. The van der Waals surface area contributed by atoms with Crippen molar-refractivity contribution in [1.29, 1.82) is 0 Å². The van der Waals surface area contributed by atoms with E-state index in [-0.39, 0.29) is 22.7 Å². The maximum Gasteiger partial charge on any atom is 0.335 e. The molecule has 0 aliphatic rings. The van der Waals surface area contributed by atoms with Gasteiger partial charge in [0.15, 0.2) is 0 Å². The molecule has 0 radical (unpaired) electrons. The average molecular weight is 331 g/mol. The average Bonchev–Trinajstić information content (AvgIpc) is 2.95. The van der Waals surface area contributed by atoms with Crippen LogP contribution in [-0.2, 0) is 0 Å². The predicted molar refractivity (Wildman–Crippen MR) is 86.3 cm³/mol. The zero-order valence-electron chi connectivity index (χ0n) is 11.6. The minimum Gasteiger partial charge on any atom is -0.506 e. The normalized spacial score (nSPS) is 10.7. The first-order chi connectivity index (χ1) is 11.0. The Morgan fingerprint density at radius 2 is 1.91 bits per heavy atom. The van der Waals surface area contributed by atoms with Gasteiger partial charge in [-0.3, -0.25) is 4.79 Å². The van der Waals surface area contributed by atoms with E-state index in [1.165, 1.54) is 18.2 Å². The summed E-state index contributed by atoms with van der Waals surface area (Å²) in [6.45, 7) is 0. The summed E-state index contributed by atoms with van der Waals surface area (Å²) in [7, 11) is 0. The zero-order chi connectivity index (χ0) is 16.6. The Balaban J connectivity index is 1.93. The zero-order valence-corrected chi connectivity index (χ0v) is 12.4. The van der Waals surface area contributed by atoms with Crippen molar-refractivity contribution < 1.29 is 19.8 Å². The lowest BCUT2D eigenvalue weighted by molar-refractivity contribution is 0.0696. The Kier molecular flexibility index (Phi) is 3.67. The lowest BCUT2D eigenvalue weighted by atomic mass is 10.2. The van der Waals surface area contributed by atoms with E-state index in [1.54, 1.807) is 24.3 Å². The lowest BCUT2D eigenvalue weighted by Crippen LogP contribution is -2.13. The number of aromatic carboxylic acids is 1. The van der Waals surface area contributed by atoms with E-state index in [4.69, 9.17) is 16.7 Å². The quantitative estimate of drug-likeness (QED) is 0.552. The highest BCUT2D eigenvalue weighted by molar-refractivity contribution is 6.35. The van der Waals surface area contributed by atoms with Crippen molar-refractivity contribution in [3.63, 3.8) is 0 Å². The van der Waals surface area contributed by atoms with E-state index in [9.17, 15) is 14.7 Å². The molecule has 1 aromatic heterocycles. The smallest absolute Gasteiger partial charge is 0.335 e. The van der Waals surface area contributed by atoms with Crippen LogP contribution in [0.2, 0.25) is 5.02 Å². The Morgan fingerprint density at radius 1 is 1.13 bits per heavy atom. The predicted octanol–water partition coefficient (Wildman–Crippen LogP) is 3.48. The molecule has 0 aliphatic heterocycles. The van der Waals surface area contributed by atoms with Crippen LogP contribution in [0.4, 0.5) is 5.69 Å². The van der Waals surface area contributed by atoms with Crippen LogP contribution < -0.4 is 5.32 Å². The van der Waals surface area contributed by atoms with E-state index in [2.05, 4.69) is 10.3 Å². The molecule has 1 heterocycles. The molecule has 0 atom stereocenters. The minimum absolute atomic E-state index is 0.0136. The number of carboxylic acid groups (broad SMARTS) is 1. The maximum atomic E-state index is 12.3. The molecule has 0 fully saturated rings. The monoisotopic (exact) mass is 330 g/mol. The summed E-state index contributed by atoms with van der Waals surface area (Å²) in [6.07, 6.45) is 0. The number of anilines is 1. The van der Waals surface area contributed by atoms with Gasteiger partial charge in [0.2, 0.25) is 0 Å². The number of hydrogen-bond donors (Lipinski definition) is 4. The molecular formula is C16H11ClN2O4. The van der Waals surface area contributed by atoms with Crippen LogP contribution in [-0.4, -0.2) is 27.1 Å².